The van der Waals surface area contributed by atoms with Crippen molar-refractivity contribution in [2.45, 2.75) is 32.2 Å². The van der Waals surface area contributed by atoms with Crippen LogP contribution in [0.3, 0.4) is 0 Å². The summed E-state index contributed by atoms with van der Waals surface area (Å²) >= 11 is 0. The zero-order valence-electron chi connectivity index (χ0n) is 10.5. The molecule has 0 heterocycles. The van der Waals surface area contributed by atoms with Gasteiger partial charge in [-0.1, -0.05) is 25.5 Å². The van der Waals surface area contributed by atoms with Gasteiger partial charge in [0.15, 0.2) is 0 Å². The number of rotatable bonds is 6. The maximum absolute atomic E-state index is 11.5. The van der Waals surface area contributed by atoms with Crippen molar-refractivity contribution < 1.29 is 14.6 Å². The van der Waals surface area contributed by atoms with E-state index in [4.69, 9.17) is 15.6 Å². The molecule has 3 N–H and O–H groups in total. The van der Waals surface area contributed by atoms with Crippen LogP contribution in [0.1, 0.15) is 25.3 Å². The van der Waals surface area contributed by atoms with Crippen molar-refractivity contribution in [2.75, 3.05) is 6.61 Å². The number of benzene rings is 1. The molecule has 1 atom stereocenters. The molecular formula is C13H20ClNO3. The molecule has 4 nitrogen and oxygen atoms in total. The SMILES string of the molecule is CCCCOC(=O)C(N)Cc1ccc(O)cc1.Cl. The lowest BCUT2D eigenvalue weighted by Crippen LogP contribution is -2.34. The van der Waals surface area contributed by atoms with Crippen LogP contribution in [0.25, 0.3) is 0 Å². The Hall–Kier alpha value is -1.26. The molecule has 0 bridgehead atoms. The second-order valence-electron chi connectivity index (χ2n) is 4.00. The predicted octanol–water partition coefficient (Wildman–Crippen LogP) is 2.03. The Morgan fingerprint density at radius 3 is 2.56 bits per heavy atom. The normalized spacial score (nSPS) is 11.4. The summed E-state index contributed by atoms with van der Waals surface area (Å²) in [6, 6.07) is 5.99. The first kappa shape index (κ1) is 16.7. The van der Waals surface area contributed by atoms with Gasteiger partial charge in [-0.3, -0.25) is 4.79 Å². The maximum Gasteiger partial charge on any atom is 0.323 e. The molecule has 0 saturated heterocycles. The summed E-state index contributed by atoms with van der Waals surface area (Å²) in [5.41, 5.74) is 6.64. The Labute approximate surface area is 114 Å². The van der Waals surface area contributed by atoms with E-state index in [-0.39, 0.29) is 24.1 Å². The van der Waals surface area contributed by atoms with Gasteiger partial charge in [-0.2, -0.15) is 0 Å². The van der Waals surface area contributed by atoms with Crippen molar-refractivity contribution >= 4 is 18.4 Å². The van der Waals surface area contributed by atoms with Crippen molar-refractivity contribution in [2.24, 2.45) is 5.73 Å². The smallest absolute Gasteiger partial charge is 0.323 e. The second kappa shape index (κ2) is 8.78. The van der Waals surface area contributed by atoms with Crippen molar-refractivity contribution in [1.82, 2.24) is 0 Å². The number of phenols is 1. The summed E-state index contributed by atoms with van der Waals surface area (Å²) in [4.78, 5) is 11.5. The molecule has 1 unspecified atom stereocenters. The Bertz CT molecular complexity index is 354. The molecule has 1 rings (SSSR count). The topological polar surface area (TPSA) is 72.5 Å². The first-order valence-electron chi connectivity index (χ1n) is 5.83. The third-order valence-corrected chi connectivity index (χ3v) is 2.44. The molecule has 0 amide bonds. The number of phenolic OH excluding ortho intramolecular Hbond substituents is 1. The summed E-state index contributed by atoms with van der Waals surface area (Å²) in [6.07, 6.45) is 2.27. The molecule has 0 fully saturated rings. The number of aromatic hydroxyl groups is 1. The van der Waals surface area contributed by atoms with Crippen LogP contribution < -0.4 is 5.73 Å². The van der Waals surface area contributed by atoms with E-state index in [9.17, 15) is 4.79 Å². The molecule has 0 aliphatic rings. The molecule has 0 aliphatic heterocycles. The van der Waals surface area contributed by atoms with E-state index in [0.717, 1.165) is 18.4 Å². The fraction of sp³-hybridized carbons (Fsp3) is 0.462. The molecule has 0 aliphatic carbocycles. The van der Waals surface area contributed by atoms with Crippen LogP contribution in [0.15, 0.2) is 24.3 Å². The Kier molecular flexibility index (Phi) is 8.16. The lowest BCUT2D eigenvalue weighted by molar-refractivity contribution is -0.145. The predicted molar refractivity (Wildman–Crippen MR) is 72.9 cm³/mol. The largest absolute Gasteiger partial charge is 0.508 e. The van der Waals surface area contributed by atoms with Gasteiger partial charge in [0.05, 0.1) is 6.61 Å². The van der Waals surface area contributed by atoms with Crippen molar-refractivity contribution in [3.8, 4) is 5.75 Å². The van der Waals surface area contributed by atoms with Gasteiger partial charge in [-0.05, 0) is 30.5 Å². The fourth-order valence-corrected chi connectivity index (χ4v) is 1.39. The van der Waals surface area contributed by atoms with Gasteiger partial charge < -0.3 is 15.6 Å². The standard InChI is InChI=1S/C13H19NO3.ClH/c1-2-3-8-17-13(16)12(14)9-10-4-6-11(15)7-5-10;/h4-7,12,15H,2-3,8-9,14H2,1H3;1H. The number of ether oxygens (including phenoxy) is 1. The van der Waals surface area contributed by atoms with Gasteiger partial charge in [-0.25, -0.2) is 0 Å². The highest BCUT2D eigenvalue weighted by atomic mass is 35.5. The van der Waals surface area contributed by atoms with Crippen LogP contribution in [0.2, 0.25) is 0 Å². The minimum atomic E-state index is -0.642. The average Bonchev–Trinajstić information content (AvgIpc) is 2.32. The molecule has 5 heteroatoms. The molecule has 0 saturated carbocycles. The highest BCUT2D eigenvalue weighted by Gasteiger charge is 2.15. The zero-order chi connectivity index (χ0) is 12.7. The quantitative estimate of drug-likeness (QED) is 0.614. The highest BCUT2D eigenvalue weighted by Crippen LogP contribution is 2.11. The van der Waals surface area contributed by atoms with E-state index in [1.165, 1.54) is 0 Å². The van der Waals surface area contributed by atoms with Crippen LogP contribution >= 0.6 is 12.4 Å². The van der Waals surface area contributed by atoms with Gasteiger partial charge >= 0.3 is 5.97 Å². The number of halogens is 1. The number of carbonyl (C=O) groups is 1. The molecule has 1 aromatic rings. The van der Waals surface area contributed by atoms with Crippen LogP contribution in [0.5, 0.6) is 5.75 Å². The van der Waals surface area contributed by atoms with Crippen LogP contribution in [0, 0.1) is 0 Å². The number of hydrogen-bond donors (Lipinski definition) is 2. The molecule has 102 valence electrons. The lowest BCUT2D eigenvalue weighted by atomic mass is 10.1. The first-order chi connectivity index (χ1) is 8.13. The third kappa shape index (κ3) is 5.89. The van der Waals surface area contributed by atoms with Crippen molar-refractivity contribution in [1.29, 1.82) is 0 Å². The van der Waals surface area contributed by atoms with Gasteiger partial charge in [0.1, 0.15) is 11.8 Å². The number of carbonyl (C=O) groups excluding carboxylic acids is 1. The Morgan fingerprint density at radius 2 is 2.00 bits per heavy atom. The minimum absolute atomic E-state index is 0. The van der Waals surface area contributed by atoms with E-state index in [2.05, 4.69) is 0 Å². The number of nitrogens with two attached hydrogens (primary N) is 1. The van der Waals surface area contributed by atoms with Crippen molar-refractivity contribution in [3.05, 3.63) is 29.8 Å². The first-order valence-corrected chi connectivity index (χ1v) is 5.83. The summed E-state index contributed by atoms with van der Waals surface area (Å²) in [7, 11) is 0. The molecule has 1 aromatic carbocycles. The number of esters is 1. The molecule has 0 radical (unpaired) electrons. The zero-order valence-corrected chi connectivity index (χ0v) is 11.3. The molecule has 0 spiro atoms. The third-order valence-electron chi connectivity index (χ3n) is 2.44. The molecule has 18 heavy (non-hydrogen) atoms. The highest BCUT2D eigenvalue weighted by molar-refractivity contribution is 5.85. The van der Waals surface area contributed by atoms with E-state index in [1.807, 2.05) is 6.92 Å². The molecule has 0 aromatic heterocycles. The van der Waals surface area contributed by atoms with Gasteiger partial charge in [-0.15, -0.1) is 12.4 Å². The number of hydrogen-bond acceptors (Lipinski definition) is 4. The summed E-state index contributed by atoms with van der Waals surface area (Å²) < 4.78 is 5.03. The van der Waals surface area contributed by atoms with E-state index in [1.54, 1.807) is 24.3 Å². The van der Waals surface area contributed by atoms with E-state index < -0.39 is 6.04 Å². The average molecular weight is 274 g/mol. The van der Waals surface area contributed by atoms with Crippen molar-refractivity contribution in [3.63, 3.8) is 0 Å². The molecular weight excluding hydrogens is 254 g/mol. The summed E-state index contributed by atoms with van der Waals surface area (Å²) in [5, 5.41) is 9.12. The second-order valence-corrected chi connectivity index (χ2v) is 4.00. The van der Waals surface area contributed by atoms with E-state index in [0.29, 0.717) is 13.0 Å². The van der Waals surface area contributed by atoms with Gasteiger partial charge in [0.2, 0.25) is 0 Å². The van der Waals surface area contributed by atoms with Gasteiger partial charge in [0, 0.05) is 0 Å². The lowest BCUT2D eigenvalue weighted by Gasteiger charge is -2.11. The Balaban J connectivity index is 0.00000289. The summed E-state index contributed by atoms with van der Waals surface area (Å²) in [5.74, 6) is -0.167. The maximum atomic E-state index is 11.5. The van der Waals surface area contributed by atoms with Crippen LogP contribution in [-0.2, 0) is 16.0 Å². The summed E-state index contributed by atoms with van der Waals surface area (Å²) in [6.45, 7) is 2.46. The monoisotopic (exact) mass is 273 g/mol. The van der Waals surface area contributed by atoms with Crippen LogP contribution in [0.4, 0.5) is 0 Å². The fourth-order valence-electron chi connectivity index (χ4n) is 1.39. The van der Waals surface area contributed by atoms with Gasteiger partial charge in [0.25, 0.3) is 0 Å². The minimum Gasteiger partial charge on any atom is -0.508 e. The van der Waals surface area contributed by atoms with Crippen LogP contribution in [-0.4, -0.2) is 23.7 Å². The number of unbranched alkanes of at least 4 members (excludes halogenated alkanes) is 1. The van der Waals surface area contributed by atoms with E-state index >= 15 is 0 Å². The Morgan fingerprint density at radius 1 is 1.39 bits per heavy atom.